The Hall–Kier alpha value is -1.66. The summed E-state index contributed by atoms with van der Waals surface area (Å²) in [4.78, 5) is 7.11. The molecule has 0 saturated heterocycles. The number of nitrogens with zero attached hydrogens (tertiary/aromatic N) is 2. The van der Waals surface area contributed by atoms with Gasteiger partial charge in [-0.25, -0.2) is 9.38 Å². The van der Waals surface area contributed by atoms with Crippen molar-refractivity contribution in [3.63, 3.8) is 0 Å². The van der Waals surface area contributed by atoms with E-state index in [2.05, 4.69) is 48.2 Å². The lowest BCUT2D eigenvalue weighted by atomic mass is 10.1. The molecule has 5 nitrogen and oxygen atoms in total. The van der Waals surface area contributed by atoms with Gasteiger partial charge in [0.25, 0.3) is 0 Å². The molecule has 0 radical (unpaired) electrons. The first-order valence-corrected chi connectivity index (χ1v) is 9.93. The minimum absolute atomic E-state index is 0.241. The number of guanidine groups is 1. The largest absolute Gasteiger partial charge is 0.380 e. The molecule has 1 rings (SSSR count). The predicted molar refractivity (Wildman–Crippen MR) is 112 cm³/mol. The molecule has 0 spiro atoms. The van der Waals surface area contributed by atoms with Crippen molar-refractivity contribution >= 4 is 5.96 Å². The Morgan fingerprint density at radius 3 is 2.48 bits per heavy atom. The standard InChI is InChI=1S/C21H37FN4O/c1-7-23-21(24-11-8-12-26(16(2)3)17(4)5)25-14-18-9-10-20(22)19(13-18)15-27-6/h9-10,13,16-17H,7-8,11-12,14-15H2,1-6H3,(H2,23,24,25). The number of nitrogens with one attached hydrogen (secondary N) is 2. The minimum Gasteiger partial charge on any atom is -0.380 e. The molecule has 0 heterocycles. The molecule has 0 aliphatic heterocycles. The van der Waals surface area contributed by atoms with Crippen LogP contribution in [0.15, 0.2) is 23.2 Å². The van der Waals surface area contributed by atoms with Gasteiger partial charge in [-0.1, -0.05) is 6.07 Å². The second-order valence-electron chi connectivity index (χ2n) is 7.26. The lowest BCUT2D eigenvalue weighted by Crippen LogP contribution is -2.41. The van der Waals surface area contributed by atoms with Crippen LogP contribution < -0.4 is 10.6 Å². The smallest absolute Gasteiger partial charge is 0.191 e. The maximum absolute atomic E-state index is 13.7. The molecule has 2 N–H and O–H groups in total. The van der Waals surface area contributed by atoms with Gasteiger partial charge in [-0.3, -0.25) is 4.90 Å². The van der Waals surface area contributed by atoms with Gasteiger partial charge in [0.2, 0.25) is 0 Å². The van der Waals surface area contributed by atoms with Gasteiger partial charge in [0.1, 0.15) is 5.82 Å². The van der Waals surface area contributed by atoms with Crippen LogP contribution >= 0.6 is 0 Å². The highest BCUT2D eigenvalue weighted by Crippen LogP contribution is 2.12. The maximum atomic E-state index is 13.7. The molecule has 0 saturated carbocycles. The summed E-state index contributed by atoms with van der Waals surface area (Å²) in [5.41, 5.74) is 1.53. The van der Waals surface area contributed by atoms with E-state index in [1.807, 2.05) is 13.0 Å². The maximum Gasteiger partial charge on any atom is 0.191 e. The third-order valence-corrected chi connectivity index (χ3v) is 4.39. The van der Waals surface area contributed by atoms with Crippen molar-refractivity contribution in [1.29, 1.82) is 0 Å². The molecule has 154 valence electrons. The van der Waals surface area contributed by atoms with Crippen molar-refractivity contribution in [1.82, 2.24) is 15.5 Å². The van der Waals surface area contributed by atoms with Crippen LogP contribution in [0.1, 0.15) is 52.2 Å². The first-order chi connectivity index (χ1) is 12.9. The van der Waals surface area contributed by atoms with E-state index < -0.39 is 0 Å². The number of aliphatic imine (C=N–C) groups is 1. The molecule has 0 amide bonds. The first kappa shape index (κ1) is 23.4. The fraction of sp³-hybridized carbons (Fsp3) is 0.667. The molecule has 6 heteroatoms. The Bertz CT molecular complexity index is 567. The van der Waals surface area contributed by atoms with E-state index in [0.29, 0.717) is 24.2 Å². The number of methoxy groups -OCH3 is 1. The summed E-state index contributed by atoms with van der Waals surface area (Å²) in [5, 5.41) is 6.65. The molecule has 0 bridgehead atoms. The molecule has 0 atom stereocenters. The molecule has 27 heavy (non-hydrogen) atoms. The summed E-state index contributed by atoms with van der Waals surface area (Å²) in [6.45, 7) is 14.5. The van der Waals surface area contributed by atoms with E-state index in [-0.39, 0.29) is 12.4 Å². The molecule has 1 aromatic carbocycles. The molecule has 0 aliphatic carbocycles. The second kappa shape index (κ2) is 12.7. The zero-order chi connectivity index (χ0) is 20.2. The van der Waals surface area contributed by atoms with Crippen LogP contribution in [0.25, 0.3) is 0 Å². The lowest BCUT2D eigenvalue weighted by molar-refractivity contribution is 0.173. The minimum atomic E-state index is -0.241. The third-order valence-electron chi connectivity index (χ3n) is 4.39. The number of ether oxygens (including phenoxy) is 1. The van der Waals surface area contributed by atoms with Gasteiger partial charge < -0.3 is 15.4 Å². The summed E-state index contributed by atoms with van der Waals surface area (Å²) >= 11 is 0. The van der Waals surface area contributed by atoms with E-state index >= 15 is 0 Å². The molecule has 0 aliphatic rings. The van der Waals surface area contributed by atoms with E-state index in [1.165, 1.54) is 6.07 Å². The Labute approximate surface area is 164 Å². The highest BCUT2D eigenvalue weighted by Gasteiger charge is 2.12. The molecular formula is C21H37FN4O. The van der Waals surface area contributed by atoms with Crippen molar-refractivity contribution in [2.45, 2.75) is 66.3 Å². The van der Waals surface area contributed by atoms with Crippen LogP contribution in [0.2, 0.25) is 0 Å². The van der Waals surface area contributed by atoms with Gasteiger partial charge in [-0.2, -0.15) is 0 Å². The molecule has 0 aromatic heterocycles. The predicted octanol–water partition coefficient (Wildman–Crippen LogP) is 3.54. The van der Waals surface area contributed by atoms with Gasteiger partial charge in [0.05, 0.1) is 13.2 Å². The highest BCUT2D eigenvalue weighted by atomic mass is 19.1. The lowest BCUT2D eigenvalue weighted by Gasteiger charge is -2.30. The van der Waals surface area contributed by atoms with Crippen LogP contribution in [0.4, 0.5) is 4.39 Å². The van der Waals surface area contributed by atoms with Crippen molar-refractivity contribution in [3.05, 3.63) is 35.1 Å². The zero-order valence-corrected chi connectivity index (χ0v) is 17.8. The van der Waals surface area contributed by atoms with Crippen LogP contribution in [0, 0.1) is 5.82 Å². The summed E-state index contributed by atoms with van der Waals surface area (Å²) < 4.78 is 18.8. The van der Waals surface area contributed by atoms with Crippen molar-refractivity contribution in [2.24, 2.45) is 4.99 Å². The van der Waals surface area contributed by atoms with Crippen LogP contribution in [-0.2, 0) is 17.9 Å². The fourth-order valence-corrected chi connectivity index (χ4v) is 3.09. The average Bonchev–Trinajstić information content (AvgIpc) is 2.61. The van der Waals surface area contributed by atoms with E-state index in [0.717, 1.165) is 37.6 Å². The molecule has 0 unspecified atom stereocenters. The second-order valence-corrected chi connectivity index (χ2v) is 7.26. The number of benzene rings is 1. The SMILES string of the molecule is CCNC(=NCc1ccc(F)c(COC)c1)NCCCN(C(C)C)C(C)C. The van der Waals surface area contributed by atoms with Crippen molar-refractivity contribution in [2.75, 3.05) is 26.7 Å². The van der Waals surface area contributed by atoms with E-state index in [4.69, 9.17) is 4.74 Å². The van der Waals surface area contributed by atoms with Gasteiger partial charge in [-0.05, 0) is 58.7 Å². The summed E-state index contributed by atoms with van der Waals surface area (Å²) in [6.07, 6.45) is 1.05. The Morgan fingerprint density at radius 2 is 1.89 bits per heavy atom. The van der Waals surface area contributed by atoms with Crippen LogP contribution in [-0.4, -0.2) is 49.7 Å². The Kier molecular flexibility index (Phi) is 11.0. The summed E-state index contributed by atoms with van der Waals surface area (Å²) in [7, 11) is 1.57. The van der Waals surface area contributed by atoms with E-state index in [1.54, 1.807) is 13.2 Å². The van der Waals surface area contributed by atoms with Gasteiger partial charge in [0, 0.05) is 44.4 Å². The number of rotatable bonds is 11. The molecule has 1 aromatic rings. The quantitative estimate of drug-likeness (QED) is 0.350. The Balaban J connectivity index is 2.58. The summed E-state index contributed by atoms with van der Waals surface area (Å²) in [5.74, 6) is 0.547. The van der Waals surface area contributed by atoms with Gasteiger partial charge >= 0.3 is 0 Å². The molecule has 0 fully saturated rings. The highest BCUT2D eigenvalue weighted by molar-refractivity contribution is 5.79. The fourth-order valence-electron chi connectivity index (χ4n) is 3.09. The van der Waals surface area contributed by atoms with Gasteiger partial charge in [-0.15, -0.1) is 0 Å². The van der Waals surface area contributed by atoms with Crippen LogP contribution in [0.5, 0.6) is 0 Å². The number of hydrogen-bond donors (Lipinski definition) is 2. The normalized spacial score (nSPS) is 12.3. The Morgan fingerprint density at radius 1 is 1.19 bits per heavy atom. The number of halogens is 1. The van der Waals surface area contributed by atoms with Crippen molar-refractivity contribution in [3.8, 4) is 0 Å². The number of hydrogen-bond acceptors (Lipinski definition) is 3. The third kappa shape index (κ3) is 8.71. The zero-order valence-electron chi connectivity index (χ0n) is 17.8. The van der Waals surface area contributed by atoms with Gasteiger partial charge in [0.15, 0.2) is 5.96 Å². The summed E-state index contributed by atoms with van der Waals surface area (Å²) in [6, 6.07) is 6.16. The van der Waals surface area contributed by atoms with Crippen molar-refractivity contribution < 1.29 is 9.13 Å². The monoisotopic (exact) mass is 380 g/mol. The average molecular weight is 381 g/mol. The first-order valence-electron chi connectivity index (χ1n) is 9.93. The van der Waals surface area contributed by atoms with E-state index in [9.17, 15) is 4.39 Å². The topological polar surface area (TPSA) is 48.9 Å². The molecular weight excluding hydrogens is 343 g/mol. The van der Waals surface area contributed by atoms with Crippen LogP contribution in [0.3, 0.4) is 0 Å².